The van der Waals surface area contributed by atoms with Crippen LogP contribution in [-0.4, -0.2) is 0 Å². The largest absolute Gasteiger partial charge is 0.192 e. The number of hydrogen-bond donors (Lipinski definition) is 0. The van der Waals surface area contributed by atoms with Gasteiger partial charge in [0.05, 0.1) is 11.6 Å². The highest BCUT2D eigenvalue weighted by Crippen LogP contribution is 2.42. The van der Waals surface area contributed by atoms with Crippen LogP contribution in [0.5, 0.6) is 0 Å². The molecule has 0 saturated carbocycles. The highest BCUT2D eigenvalue weighted by atomic mass is 35.5. The van der Waals surface area contributed by atoms with Gasteiger partial charge in [0.1, 0.15) is 0 Å². The molecule has 0 bridgehead atoms. The van der Waals surface area contributed by atoms with E-state index in [0.29, 0.717) is 5.92 Å². The normalized spacial score (nSPS) is 22.8. The van der Waals surface area contributed by atoms with Gasteiger partial charge in [-0.1, -0.05) is 41.5 Å². The lowest BCUT2D eigenvalue weighted by molar-refractivity contribution is 0.491. The van der Waals surface area contributed by atoms with Crippen molar-refractivity contribution in [2.75, 3.05) is 0 Å². The summed E-state index contributed by atoms with van der Waals surface area (Å²) in [4.78, 5) is 0. The van der Waals surface area contributed by atoms with Crippen molar-refractivity contribution in [2.24, 2.45) is 5.92 Å². The summed E-state index contributed by atoms with van der Waals surface area (Å²) in [5, 5.41) is 10.4. The average Bonchev–Trinajstić information content (AvgIpc) is 2.87. The van der Waals surface area contributed by atoms with E-state index in [9.17, 15) is 5.26 Å². The second kappa shape index (κ2) is 7.68. The van der Waals surface area contributed by atoms with E-state index in [4.69, 9.17) is 11.6 Å². The Labute approximate surface area is 161 Å². The molecule has 3 aliphatic rings. The third kappa shape index (κ3) is 3.44. The molecule has 26 heavy (non-hydrogen) atoms. The molecule has 1 aromatic carbocycles. The van der Waals surface area contributed by atoms with Crippen LogP contribution in [0.2, 0.25) is 5.02 Å². The van der Waals surface area contributed by atoms with Crippen molar-refractivity contribution in [3.63, 3.8) is 0 Å². The second-order valence-electron chi connectivity index (χ2n) is 7.53. The van der Waals surface area contributed by atoms with Crippen LogP contribution < -0.4 is 0 Å². The maximum atomic E-state index is 9.55. The molecule has 2 heteroatoms. The summed E-state index contributed by atoms with van der Waals surface area (Å²) >= 11 is 6.28. The van der Waals surface area contributed by atoms with Crippen molar-refractivity contribution in [3.05, 3.63) is 75.4 Å². The number of hydrogen-bond acceptors (Lipinski definition) is 1. The van der Waals surface area contributed by atoms with Gasteiger partial charge in [-0.25, -0.2) is 0 Å². The molecule has 132 valence electrons. The van der Waals surface area contributed by atoms with E-state index >= 15 is 0 Å². The minimum absolute atomic E-state index is 0.510. The molecule has 0 aromatic heterocycles. The molecule has 1 aromatic rings. The summed E-state index contributed by atoms with van der Waals surface area (Å²) in [6.45, 7) is 0. The van der Waals surface area contributed by atoms with Gasteiger partial charge < -0.3 is 0 Å². The summed E-state index contributed by atoms with van der Waals surface area (Å²) in [7, 11) is 0. The Balaban J connectivity index is 1.60. The predicted octanol–water partition coefficient (Wildman–Crippen LogP) is 6.96. The van der Waals surface area contributed by atoms with Crippen molar-refractivity contribution in [2.45, 2.75) is 51.4 Å². The summed E-state index contributed by atoms with van der Waals surface area (Å²) in [6, 6.07) is 8.81. The SMILES string of the molecule is N#CC1=CC=CCC=C1C1CCCC2=C(CCc3ccc(Cl)cc32)CC1. The van der Waals surface area contributed by atoms with E-state index in [-0.39, 0.29) is 0 Å². The molecule has 3 aliphatic carbocycles. The number of benzene rings is 1. The van der Waals surface area contributed by atoms with Gasteiger partial charge >= 0.3 is 0 Å². The number of fused-ring (bicyclic) bond motifs is 2. The lowest BCUT2D eigenvalue weighted by Crippen LogP contribution is -2.13. The third-order valence-electron chi connectivity index (χ3n) is 6.04. The Hall–Kier alpha value is -2.04. The molecule has 4 rings (SSSR count). The Morgan fingerprint density at radius 2 is 2.00 bits per heavy atom. The Kier molecular flexibility index (Phi) is 5.14. The number of nitrogens with zero attached hydrogens (tertiary/aromatic N) is 1. The lowest BCUT2D eigenvalue weighted by Gasteiger charge is -2.29. The fourth-order valence-electron chi connectivity index (χ4n) is 4.72. The van der Waals surface area contributed by atoms with Crippen LogP contribution in [0.15, 0.2) is 59.2 Å². The van der Waals surface area contributed by atoms with E-state index in [1.807, 2.05) is 18.2 Å². The monoisotopic (exact) mass is 361 g/mol. The smallest absolute Gasteiger partial charge is 0.0994 e. The van der Waals surface area contributed by atoms with Crippen LogP contribution in [0, 0.1) is 17.2 Å². The molecule has 0 fully saturated rings. The first-order valence-corrected chi connectivity index (χ1v) is 10.1. The fourth-order valence-corrected chi connectivity index (χ4v) is 4.90. The van der Waals surface area contributed by atoms with Crippen molar-refractivity contribution < 1.29 is 0 Å². The van der Waals surface area contributed by atoms with Crippen LogP contribution >= 0.6 is 11.6 Å². The highest BCUT2D eigenvalue weighted by Gasteiger charge is 2.25. The van der Waals surface area contributed by atoms with E-state index in [1.54, 1.807) is 11.1 Å². The van der Waals surface area contributed by atoms with Crippen LogP contribution in [0.3, 0.4) is 0 Å². The maximum Gasteiger partial charge on any atom is 0.0994 e. The van der Waals surface area contributed by atoms with Gasteiger partial charge in [-0.3, -0.25) is 0 Å². The minimum atomic E-state index is 0.510. The van der Waals surface area contributed by atoms with Crippen molar-refractivity contribution in [1.29, 1.82) is 5.26 Å². The summed E-state index contributed by atoms with van der Waals surface area (Å²) in [5.41, 5.74) is 8.17. The molecule has 0 amide bonds. The van der Waals surface area contributed by atoms with E-state index in [0.717, 1.165) is 49.1 Å². The van der Waals surface area contributed by atoms with Crippen LogP contribution in [-0.2, 0) is 6.42 Å². The van der Waals surface area contributed by atoms with Gasteiger partial charge in [0.25, 0.3) is 0 Å². The van der Waals surface area contributed by atoms with Crippen LogP contribution in [0.1, 0.15) is 56.1 Å². The molecule has 0 spiro atoms. The molecule has 1 unspecified atom stereocenters. The quantitative estimate of drug-likeness (QED) is 0.530. The second-order valence-corrected chi connectivity index (χ2v) is 7.96. The van der Waals surface area contributed by atoms with Crippen molar-refractivity contribution in [1.82, 2.24) is 0 Å². The average molecular weight is 362 g/mol. The number of allylic oxidation sites excluding steroid dienone is 8. The Bertz CT molecular complexity index is 876. The number of aryl methyl sites for hydroxylation is 1. The summed E-state index contributed by atoms with van der Waals surface area (Å²) in [5.74, 6) is 0.510. The molecular formula is C24H24ClN. The van der Waals surface area contributed by atoms with E-state index in [2.05, 4.69) is 30.4 Å². The standard InChI is InChI=1S/C24H24ClN/c25-21-14-13-19-12-11-18-10-9-17(6-4-8-23(18)24(19)15-21)22-7-3-1-2-5-20(22)16-26/h1-2,5,7,13-15,17H,3-4,6,8-12H2. The van der Waals surface area contributed by atoms with E-state index in [1.165, 1.54) is 29.5 Å². The molecule has 1 atom stereocenters. The minimum Gasteiger partial charge on any atom is -0.192 e. The van der Waals surface area contributed by atoms with Gasteiger partial charge in [-0.05, 0) is 97.8 Å². The molecule has 0 aliphatic heterocycles. The first-order valence-electron chi connectivity index (χ1n) is 9.73. The number of rotatable bonds is 1. The molecule has 0 saturated heterocycles. The number of nitriles is 1. The Morgan fingerprint density at radius 3 is 2.88 bits per heavy atom. The highest BCUT2D eigenvalue weighted by molar-refractivity contribution is 6.30. The molecule has 1 nitrogen and oxygen atoms in total. The van der Waals surface area contributed by atoms with Crippen LogP contribution in [0.4, 0.5) is 0 Å². The first-order chi connectivity index (χ1) is 12.8. The Morgan fingerprint density at radius 1 is 1.08 bits per heavy atom. The topological polar surface area (TPSA) is 23.8 Å². The lowest BCUT2D eigenvalue weighted by atomic mass is 9.75. The molecule has 0 N–H and O–H groups in total. The third-order valence-corrected chi connectivity index (χ3v) is 6.27. The fraction of sp³-hybridized carbons (Fsp3) is 0.375. The van der Waals surface area contributed by atoms with Gasteiger partial charge in [-0.15, -0.1) is 0 Å². The maximum absolute atomic E-state index is 9.55. The number of halogens is 1. The zero-order chi connectivity index (χ0) is 17.9. The van der Waals surface area contributed by atoms with E-state index < -0.39 is 0 Å². The molecule has 0 radical (unpaired) electrons. The van der Waals surface area contributed by atoms with Gasteiger partial charge in [0.15, 0.2) is 0 Å². The zero-order valence-corrected chi connectivity index (χ0v) is 15.9. The van der Waals surface area contributed by atoms with Crippen LogP contribution in [0.25, 0.3) is 5.57 Å². The summed E-state index contributed by atoms with van der Waals surface area (Å²) < 4.78 is 0. The summed E-state index contributed by atoms with van der Waals surface area (Å²) in [6.07, 6.45) is 17.4. The van der Waals surface area contributed by atoms with Crippen molar-refractivity contribution >= 4 is 17.2 Å². The zero-order valence-electron chi connectivity index (χ0n) is 15.1. The van der Waals surface area contributed by atoms with Gasteiger partial charge in [-0.2, -0.15) is 5.26 Å². The van der Waals surface area contributed by atoms with Gasteiger partial charge in [0.2, 0.25) is 0 Å². The molecular weight excluding hydrogens is 338 g/mol. The predicted molar refractivity (Wildman–Crippen MR) is 109 cm³/mol. The van der Waals surface area contributed by atoms with Crippen molar-refractivity contribution in [3.8, 4) is 6.07 Å². The first kappa shape index (κ1) is 17.4. The molecule has 0 heterocycles. The van der Waals surface area contributed by atoms with Gasteiger partial charge in [0, 0.05) is 5.02 Å².